The fourth-order valence-corrected chi connectivity index (χ4v) is 4.50. The molecule has 0 aromatic heterocycles. The molecule has 1 amide bonds. The topological polar surface area (TPSA) is 60.0 Å². The molecule has 1 saturated carbocycles. The average molecular weight is 536 g/mol. The van der Waals surface area contributed by atoms with Gasteiger partial charge in [-0.05, 0) is 38.0 Å². The molecule has 1 aliphatic heterocycles. The van der Waals surface area contributed by atoms with Crippen LogP contribution in [0.25, 0.3) is 0 Å². The van der Waals surface area contributed by atoms with Crippen LogP contribution in [0, 0.1) is 5.92 Å². The van der Waals surface area contributed by atoms with E-state index in [0.29, 0.717) is 12.0 Å². The fraction of sp³-hybridized carbons (Fsp3) is 0.913. The van der Waals surface area contributed by atoms with Gasteiger partial charge in [0.05, 0.1) is 0 Å². The second-order valence-corrected chi connectivity index (χ2v) is 9.14. The number of likely N-dealkylation sites (tertiary alicyclic amines) is 1. The van der Waals surface area contributed by atoms with Crippen LogP contribution < -0.4 is 10.6 Å². The summed E-state index contributed by atoms with van der Waals surface area (Å²) < 4.78 is 0. The van der Waals surface area contributed by atoms with Crippen LogP contribution >= 0.6 is 24.0 Å². The second-order valence-electron chi connectivity index (χ2n) is 9.14. The lowest BCUT2D eigenvalue weighted by Gasteiger charge is -2.36. The molecule has 2 fully saturated rings. The first-order chi connectivity index (χ1) is 14.0. The molecule has 1 heterocycles. The molecule has 1 saturated heterocycles. The molecule has 2 rings (SSSR count). The monoisotopic (exact) mass is 535 g/mol. The van der Waals surface area contributed by atoms with Gasteiger partial charge in [0.15, 0.2) is 5.96 Å². The number of amides is 1. The van der Waals surface area contributed by atoms with Crippen LogP contribution in [-0.4, -0.2) is 74.0 Å². The van der Waals surface area contributed by atoms with E-state index in [2.05, 4.69) is 34.4 Å². The van der Waals surface area contributed by atoms with Crippen molar-refractivity contribution in [3.8, 4) is 0 Å². The third kappa shape index (κ3) is 9.71. The lowest BCUT2D eigenvalue weighted by molar-refractivity contribution is -0.127. The molecule has 176 valence electrons. The summed E-state index contributed by atoms with van der Waals surface area (Å²) in [5, 5.41) is 7.18. The normalized spacial score (nSPS) is 19.9. The lowest BCUT2D eigenvalue weighted by atomic mass is 9.99. The molecule has 2 N–H and O–H groups in total. The summed E-state index contributed by atoms with van der Waals surface area (Å²) >= 11 is 0. The number of guanidine groups is 1. The molecule has 2 aliphatic rings. The van der Waals surface area contributed by atoms with Crippen LogP contribution in [0.1, 0.15) is 78.1 Å². The summed E-state index contributed by atoms with van der Waals surface area (Å²) in [6.45, 7) is 8.01. The Morgan fingerprint density at radius 2 is 1.80 bits per heavy atom. The fourth-order valence-electron chi connectivity index (χ4n) is 4.50. The number of likely N-dealkylation sites (N-methyl/N-ethyl adjacent to an activating group) is 1. The van der Waals surface area contributed by atoms with Crippen molar-refractivity contribution in [3.05, 3.63) is 0 Å². The first kappa shape index (κ1) is 27.5. The highest BCUT2D eigenvalue weighted by atomic mass is 127. The van der Waals surface area contributed by atoms with Crippen molar-refractivity contribution >= 4 is 35.8 Å². The molecule has 1 atom stereocenters. The molecular formula is C23H46IN5O. The van der Waals surface area contributed by atoms with Crippen molar-refractivity contribution in [3.63, 3.8) is 0 Å². The van der Waals surface area contributed by atoms with E-state index in [0.717, 1.165) is 31.4 Å². The van der Waals surface area contributed by atoms with Gasteiger partial charge in [-0.2, -0.15) is 0 Å². The number of carbonyl (C=O) groups is 1. The Morgan fingerprint density at radius 1 is 1.13 bits per heavy atom. The highest BCUT2D eigenvalue weighted by Gasteiger charge is 2.27. The molecule has 0 aromatic carbocycles. The molecule has 1 unspecified atom stereocenters. The Morgan fingerprint density at radius 3 is 2.37 bits per heavy atom. The predicted octanol–water partition coefficient (Wildman–Crippen LogP) is 3.85. The second kappa shape index (κ2) is 15.3. The number of hydrogen-bond acceptors (Lipinski definition) is 3. The zero-order valence-corrected chi connectivity index (χ0v) is 22.1. The summed E-state index contributed by atoms with van der Waals surface area (Å²) in [5.41, 5.74) is 0. The molecular weight excluding hydrogens is 489 g/mol. The third-order valence-electron chi connectivity index (χ3n) is 6.68. The largest absolute Gasteiger partial charge is 0.356 e. The number of nitrogens with zero attached hydrogens (tertiary/aromatic N) is 3. The lowest BCUT2D eigenvalue weighted by Crippen LogP contribution is -2.51. The maximum absolute atomic E-state index is 12.0. The van der Waals surface area contributed by atoms with Crippen LogP contribution in [0.3, 0.4) is 0 Å². The summed E-state index contributed by atoms with van der Waals surface area (Å²) in [7, 11) is 3.57. The van der Waals surface area contributed by atoms with Crippen molar-refractivity contribution < 1.29 is 4.79 Å². The first-order valence-electron chi connectivity index (χ1n) is 12.0. The van der Waals surface area contributed by atoms with Gasteiger partial charge in [-0.15, -0.1) is 24.0 Å². The highest BCUT2D eigenvalue weighted by Crippen LogP contribution is 2.26. The van der Waals surface area contributed by atoms with Gasteiger partial charge in [0.2, 0.25) is 5.91 Å². The van der Waals surface area contributed by atoms with E-state index in [1.165, 1.54) is 64.5 Å². The van der Waals surface area contributed by atoms with Crippen molar-refractivity contribution in [1.82, 2.24) is 20.4 Å². The molecule has 7 heteroatoms. The SMILES string of the molecule is CCCCC(CC)CNC(=NCC(=O)N(C)C)NC1CCN(C2CCCC2)CC1.I. The van der Waals surface area contributed by atoms with Crippen LogP contribution in [0.5, 0.6) is 0 Å². The van der Waals surface area contributed by atoms with Gasteiger partial charge in [-0.25, -0.2) is 4.99 Å². The van der Waals surface area contributed by atoms with Crippen molar-refractivity contribution in [2.45, 2.75) is 90.1 Å². The summed E-state index contributed by atoms with van der Waals surface area (Å²) in [6, 6.07) is 1.27. The summed E-state index contributed by atoms with van der Waals surface area (Å²) in [5.74, 6) is 1.52. The number of carbonyl (C=O) groups excluding carboxylic acids is 1. The van der Waals surface area contributed by atoms with Gasteiger partial charge in [-0.1, -0.05) is 46.0 Å². The Labute approximate surface area is 202 Å². The molecule has 0 bridgehead atoms. The number of hydrogen-bond donors (Lipinski definition) is 2. The van der Waals surface area contributed by atoms with Gasteiger partial charge < -0.3 is 20.4 Å². The first-order valence-corrected chi connectivity index (χ1v) is 12.0. The number of nitrogens with one attached hydrogen (secondary N) is 2. The van der Waals surface area contributed by atoms with E-state index in [-0.39, 0.29) is 36.4 Å². The van der Waals surface area contributed by atoms with Gasteiger partial charge in [0.25, 0.3) is 0 Å². The maximum Gasteiger partial charge on any atom is 0.243 e. The Kier molecular flexibility index (Phi) is 14.0. The molecule has 0 spiro atoms. The number of piperidine rings is 1. The minimum absolute atomic E-state index is 0. The number of halogens is 1. The van der Waals surface area contributed by atoms with Crippen molar-refractivity contribution in [2.24, 2.45) is 10.9 Å². The van der Waals surface area contributed by atoms with E-state index in [1.54, 1.807) is 19.0 Å². The summed E-state index contributed by atoms with van der Waals surface area (Å²) in [6.07, 6.45) is 12.8. The summed E-state index contributed by atoms with van der Waals surface area (Å²) in [4.78, 5) is 20.9. The van der Waals surface area contributed by atoms with E-state index in [9.17, 15) is 4.79 Å². The molecule has 1 aliphatic carbocycles. The number of unbranched alkanes of at least 4 members (excludes halogenated alkanes) is 1. The van der Waals surface area contributed by atoms with Gasteiger partial charge in [0.1, 0.15) is 6.54 Å². The average Bonchev–Trinajstić information content (AvgIpc) is 3.27. The Balaban J connectivity index is 0.00000450. The van der Waals surface area contributed by atoms with Gasteiger partial charge in [0, 0.05) is 45.8 Å². The predicted molar refractivity (Wildman–Crippen MR) is 138 cm³/mol. The maximum atomic E-state index is 12.0. The van der Waals surface area contributed by atoms with Crippen LogP contribution in [0.2, 0.25) is 0 Å². The zero-order chi connectivity index (χ0) is 21.1. The molecule has 30 heavy (non-hydrogen) atoms. The van der Waals surface area contributed by atoms with Crippen LogP contribution in [-0.2, 0) is 4.79 Å². The smallest absolute Gasteiger partial charge is 0.243 e. The van der Waals surface area contributed by atoms with E-state index >= 15 is 0 Å². The van der Waals surface area contributed by atoms with Crippen LogP contribution in [0.4, 0.5) is 0 Å². The quantitative estimate of drug-likeness (QED) is 0.254. The van der Waals surface area contributed by atoms with E-state index in [1.807, 2.05) is 0 Å². The third-order valence-corrected chi connectivity index (χ3v) is 6.68. The van der Waals surface area contributed by atoms with Crippen molar-refractivity contribution in [1.29, 1.82) is 0 Å². The number of rotatable bonds is 10. The van der Waals surface area contributed by atoms with Gasteiger partial charge in [-0.3, -0.25) is 4.79 Å². The van der Waals surface area contributed by atoms with Gasteiger partial charge >= 0.3 is 0 Å². The van der Waals surface area contributed by atoms with E-state index < -0.39 is 0 Å². The highest BCUT2D eigenvalue weighted by molar-refractivity contribution is 14.0. The Hall–Kier alpha value is -0.570. The molecule has 0 radical (unpaired) electrons. The number of aliphatic imine (C=N–C) groups is 1. The minimum atomic E-state index is 0. The van der Waals surface area contributed by atoms with Crippen molar-refractivity contribution in [2.75, 3.05) is 40.3 Å². The minimum Gasteiger partial charge on any atom is -0.356 e. The molecule has 0 aromatic rings. The molecule has 6 nitrogen and oxygen atoms in total. The standard InChI is InChI=1S/C23H45N5O.HI/c1-5-7-10-19(6-2)17-24-23(25-18-22(29)27(3)4)26-20-13-15-28(16-14-20)21-11-8-9-12-21;/h19-21H,5-18H2,1-4H3,(H2,24,25,26);1H. The van der Waals surface area contributed by atoms with Crippen LogP contribution in [0.15, 0.2) is 4.99 Å². The van der Waals surface area contributed by atoms with E-state index in [4.69, 9.17) is 0 Å². The Bertz CT molecular complexity index is 500. The zero-order valence-electron chi connectivity index (χ0n) is 19.8.